The second kappa shape index (κ2) is 7.30. The molecule has 1 aromatic carbocycles. The minimum Gasteiger partial charge on any atom is -0.390 e. The molecule has 0 saturated carbocycles. The summed E-state index contributed by atoms with van der Waals surface area (Å²) < 4.78 is 0. The van der Waals surface area contributed by atoms with Crippen molar-refractivity contribution >= 4 is 5.69 Å². The molecule has 0 fully saturated rings. The lowest BCUT2D eigenvalue weighted by Gasteiger charge is -2.22. The highest BCUT2D eigenvalue weighted by Gasteiger charge is 2.08. The number of aliphatic hydroxyl groups is 1. The molecule has 0 radical (unpaired) electrons. The van der Waals surface area contributed by atoms with Crippen LogP contribution in [0.15, 0.2) is 24.3 Å². The van der Waals surface area contributed by atoms with E-state index < -0.39 is 0 Å². The van der Waals surface area contributed by atoms with E-state index in [9.17, 15) is 5.11 Å². The fraction of sp³-hybridized carbons (Fsp3) is 0.571. The lowest BCUT2D eigenvalue weighted by molar-refractivity contribution is 0.128. The topological polar surface area (TPSA) is 35.5 Å². The number of aliphatic hydroxyl groups excluding tert-OH is 1. The van der Waals surface area contributed by atoms with Crippen LogP contribution >= 0.6 is 0 Å². The van der Waals surface area contributed by atoms with E-state index in [-0.39, 0.29) is 6.10 Å². The molecule has 0 saturated heterocycles. The van der Waals surface area contributed by atoms with Gasteiger partial charge in [-0.05, 0) is 37.7 Å². The normalized spacial score (nSPS) is 12.8. The maximum absolute atomic E-state index is 9.91. The second-order valence-corrected chi connectivity index (χ2v) is 4.39. The Labute approximate surface area is 104 Å². The molecule has 0 heterocycles. The number of hydrogen-bond acceptors (Lipinski definition) is 3. The van der Waals surface area contributed by atoms with E-state index in [4.69, 9.17) is 0 Å². The van der Waals surface area contributed by atoms with Gasteiger partial charge < -0.3 is 15.3 Å². The van der Waals surface area contributed by atoms with Crippen LogP contribution in [0.2, 0.25) is 0 Å². The average Bonchev–Trinajstić information content (AvgIpc) is 2.33. The van der Waals surface area contributed by atoms with Crippen molar-refractivity contribution in [1.82, 2.24) is 4.90 Å². The Bertz CT molecular complexity index is 324. The summed E-state index contributed by atoms with van der Waals surface area (Å²) >= 11 is 0. The minimum absolute atomic E-state index is 0.324. The van der Waals surface area contributed by atoms with Gasteiger partial charge in [0.25, 0.3) is 0 Å². The van der Waals surface area contributed by atoms with Gasteiger partial charge in [-0.3, -0.25) is 0 Å². The predicted molar refractivity (Wildman–Crippen MR) is 73.5 cm³/mol. The van der Waals surface area contributed by atoms with Crippen molar-refractivity contribution in [3.8, 4) is 0 Å². The number of nitrogens with zero attached hydrogens (tertiary/aromatic N) is 1. The average molecular weight is 236 g/mol. The van der Waals surface area contributed by atoms with Crippen molar-refractivity contribution in [2.24, 2.45) is 0 Å². The predicted octanol–water partition coefficient (Wildman–Crippen LogP) is 2.11. The third-order valence-corrected chi connectivity index (χ3v) is 2.92. The molecule has 3 nitrogen and oxygen atoms in total. The lowest BCUT2D eigenvalue weighted by Crippen LogP contribution is -2.35. The van der Waals surface area contributed by atoms with Gasteiger partial charge in [0.15, 0.2) is 0 Å². The van der Waals surface area contributed by atoms with Crippen LogP contribution in [0.3, 0.4) is 0 Å². The number of nitrogens with one attached hydrogen (secondary N) is 1. The van der Waals surface area contributed by atoms with E-state index in [0.717, 1.165) is 25.3 Å². The van der Waals surface area contributed by atoms with Crippen LogP contribution in [0.5, 0.6) is 0 Å². The third kappa shape index (κ3) is 5.20. The molecule has 0 aromatic heterocycles. The van der Waals surface area contributed by atoms with E-state index in [1.165, 1.54) is 5.56 Å². The van der Waals surface area contributed by atoms with Gasteiger partial charge in [0.1, 0.15) is 0 Å². The molecular weight excluding hydrogens is 212 g/mol. The smallest absolute Gasteiger partial charge is 0.0839 e. The molecule has 1 aromatic rings. The van der Waals surface area contributed by atoms with Gasteiger partial charge in [0.2, 0.25) is 0 Å². The minimum atomic E-state index is -0.324. The highest BCUT2D eigenvalue weighted by atomic mass is 16.3. The van der Waals surface area contributed by atoms with Crippen molar-refractivity contribution in [3.63, 3.8) is 0 Å². The molecule has 0 aliphatic heterocycles. The van der Waals surface area contributed by atoms with E-state index >= 15 is 0 Å². The first-order chi connectivity index (χ1) is 8.15. The van der Waals surface area contributed by atoms with Gasteiger partial charge >= 0.3 is 0 Å². The number of likely N-dealkylation sites (N-methyl/N-ethyl adjacent to an activating group) is 1. The Morgan fingerprint density at radius 3 is 2.59 bits per heavy atom. The van der Waals surface area contributed by atoms with Crippen molar-refractivity contribution in [1.29, 1.82) is 0 Å². The standard InChI is InChI=1S/C14H24N2O/c1-4-16(5-2)11-14(17)10-15-13-8-6-7-12(3)9-13/h6-9,14-15,17H,4-5,10-11H2,1-3H3. The molecular formula is C14H24N2O. The summed E-state index contributed by atoms with van der Waals surface area (Å²) in [6, 6.07) is 8.20. The number of rotatable bonds is 7. The van der Waals surface area contributed by atoms with Gasteiger partial charge in [-0.1, -0.05) is 26.0 Å². The van der Waals surface area contributed by atoms with Gasteiger partial charge in [0, 0.05) is 18.8 Å². The molecule has 1 rings (SSSR count). The fourth-order valence-corrected chi connectivity index (χ4v) is 1.84. The summed E-state index contributed by atoms with van der Waals surface area (Å²) in [5, 5.41) is 13.2. The van der Waals surface area contributed by atoms with Gasteiger partial charge in [-0.15, -0.1) is 0 Å². The zero-order chi connectivity index (χ0) is 12.7. The van der Waals surface area contributed by atoms with Crippen LogP contribution in [-0.2, 0) is 0 Å². The van der Waals surface area contributed by atoms with Crippen molar-refractivity contribution in [2.75, 3.05) is 31.5 Å². The molecule has 1 unspecified atom stereocenters. The highest BCUT2D eigenvalue weighted by molar-refractivity contribution is 5.45. The van der Waals surface area contributed by atoms with Gasteiger partial charge in [-0.2, -0.15) is 0 Å². The fourth-order valence-electron chi connectivity index (χ4n) is 1.84. The summed E-state index contributed by atoms with van der Waals surface area (Å²) in [5.41, 5.74) is 2.30. The molecule has 0 aliphatic rings. The van der Waals surface area contributed by atoms with E-state index in [2.05, 4.69) is 43.1 Å². The summed E-state index contributed by atoms with van der Waals surface area (Å²) in [5.74, 6) is 0. The molecule has 17 heavy (non-hydrogen) atoms. The zero-order valence-corrected chi connectivity index (χ0v) is 11.1. The summed E-state index contributed by atoms with van der Waals surface area (Å²) in [4.78, 5) is 2.22. The van der Waals surface area contributed by atoms with Gasteiger partial charge in [-0.25, -0.2) is 0 Å². The maximum Gasteiger partial charge on any atom is 0.0839 e. The van der Waals surface area contributed by atoms with Crippen LogP contribution in [0.1, 0.15) is 19.4 Å². The van der Waals surface area contributed by atoms with Crippen LogP contribution in [0.4, 0.5) is 5.69 Å². The van der Waals surface area contributed by atoms with Crippen LogP contribution in [-0.4, -0.2) is 42.3 Å². The monoisotopic (exact) mass is 236 g/mol. The Kier molecular flexibility index (Phi) is 6.01. The second-order valence-electron chi connectivity index (χ2n) is 4.39. The molecule has 0 aliphatic carbocycles. The molecule has 1 atom stereocenters. The first kappa shape index (κ1) is 14.0. The van der Waals surface area contributed by atoms with Crippen molar-refractivity contribution in [3.05, 3.63) is 29.8 Å². The van der Waals surface area contributed by atoms with E-state index in [1.54, 1.807) is 0 Å². The maximum atomic E-state index is 9.91. The number of aryl methyl sites for hydroxylation is 1. The largest absolute Gasteiger partial charge is 0.390 e. The molecule has 0 amide bonds. The Balaban J connectivity index is 2.35. The zero-order valence-electron chi connectivity index (χ0n) is 11.1. The molecule has 2 N–H and O–H groups in total. The Hall–Kier alpha value is -1.06. The van der Waals surface area contributed by atoms with Crippen LogP contribution in [0.25, 0.3) is 0 Å². The lowest BCUT2D eigenvalue weighted by atomic mass is 10.2. The number of benzene rings is 1. The van der Waals surface area contributed by atoms with E-state index in [1.807, 2.05) is 12.1 Å². The third-order valence-electron chi connectivity index (χ3n) is 2.92. The number of hydrogen-bond donors (Lipinski definition) is 2. The quantitative estimate of drug-likeness (QED) is 0.761. The first-order valence-electron chi connectivity index (χ1n) is 6.36. The highest BCUT2D eigenvalue weighted by Crippen LogP contribution is 2.09. The van der Waals surface area contributed by atoms with Crippen LogP contribution < -0.4 is 5.32 Å². The first-order valence-corrected chi connectivity index (χ1v) is 6.36. The Morgan fingerprint density at radius 1 is 1.29 bits per heavy atom. The number of anilines is 1. The Morgan fingerprint density at radius 2 is 2.00 bits per heavy atom. The van der Waals surface area contributed by atoms with Crippen molar-refractivity contribution in [2.45, 2.75) is 26.9 Å². The molecule has 3 heteroatoms. The van der Waals surface area contributed by atoms with Crippen molar-refractivity contribution < 1.29 is 5.11 Å². The SMILES string of the molecule is CCN(CC)CC(O)CNc1cccc(C)c1. The van der Waals surface area contributed by atoms with Crippen LogP contribution in [0, 0.1) is 6.92 Å². The summed E-state index contributed by atoms with van der Waals surface area (Å²) in [6.45, 7) is 9.59. The summed E-state index contributed by atoms with van der Waals surface area (Å²) in [7, 11) is 0. The molecule has 0 spiro atoms. The van der Waals surface area contributed by atoms with Gasteiger partial charge in [0.05, 0.1) is 6.10 Å². The molecule has 0 bridgehead atoms. The summed E-state index contributed by atoms with van der Waals surface area (Å²) in [6.07, 6.45) is -0.324. The molecule has 96 valence electrons. The van der Waals surface area contributed by atoms with E-state index in [0.29, 0.717) is 6.54 Å².